The quantitative estimate of drug-likeness (QED) is 0.817. The van der Waals surface area contributed by atoms with Gasteiger partial charge in [0.25, 0.3) is 5.91 Å². The molecule has 3 heterocycles. The van der Waals surface area contributed by atoms with Gasteiger partial charge in [-0.15, -0.1) is 0 Å². The highest BCUT2D eigenvalue weighted by Gasteiger charge is 2.42. The van der Waals surface area contributed by atoms with E-state index < -0.39 is 0 Å². The lowest BCUT2D eigenvalue weighted by Crippen LogP contribution is -2.51. The van der Waals surface area contributed by atoms with Crippen LogP contribution in [0.4, 0.5) is 0 Å². The minimum Gasteiger partial charge on any atom is -0.347 e. The summed E-state index contributed by atoms with van der Waals surface area (Å²) in [4.78, 5) is 42.5. The predicted octanol–water partition coefficient (Wildman–Crippen LogP) is 1.49. The van der Waals surface area contributed by atoms with Crippen molar-refractivity contribution in [3.63, 3.8) is 0 Å². The van der Waals surface area contributed by atoms with Gasteiger partial charge in [0.15, 0.2) is 0 Å². The molecule has 7 heteroatoms. The van der Waals surface area contributed by atoms with E-state index in [0.29, 0.717) is 23.7 Å². The van der Waals surface area contributed by atoms with Crippen LogP contribution < -0.4 is 0 Å². The van der Waals surface area contributed by atoms with Crippen LogP contribution in [0, 0.1) is 5.92 Å². The Morgan fingerprint density at radius 3 is 2.68 bits per heavy atom. The van der Waals surface area contributed by atoms with Crippen LogP contribution in [0.25, 0.3) is 0 Å². The van der Waals surface area contributed by atoms with Crippen LogP contribution in [0.15, 0.2) is 24.3 Å². The SMILES string of the molecule is CN(C)C(=O)CN1C(=O)[C@H]2CC[C@@H]1CN(C(=O)c1cccc(Cl)c1)C2. The number of piperidine rings is 1. The molecule has 1 aromatic rings. The molecule has 0 aromatic heterocycles. The first-order valence-corrected chi connectivity index (χ1v) is 8.80. The van der Waals surface area contributed by atoms with E-state index in [0.717, 1.165) is 12.8 Å². The van der Waals surface area contributed by atoms with Crippen LogP contribution in [-0.4, -0.2) is 72.2 Å². The average molecular weight is 364 g/mol. The van der Waals surface area contributed by atoms with E-state index in [2.05, 4.69) is 0 Å². The highest BCUT2D eigenvalue weighted by molar-refractivity contribution is 6.30. The van der Waals surface area contributed by atoms with Crippen LogP contribution in [-0.2, 0) is 9.59 Å². The molecule has 6 nitrogen and oxygen atoms in total. The van der Waals surface area contributed by atoms with Crippen LogP contribution in [0.3, 0.4) is 0 Å². The Labute approximate surface area is 152 Å². The number of halogens is 1. The van der Waals surface area contributed by atoms with E-state index >= 15 is 0 Å². The van der Waals surface area contributed by atoms with Crippen molar-refractivity contribution >= 4 is 29.3 Å². The lowest BCUT2D eigenvalue weighted by molar-refractivity contribution is -0.145. The fourth-order valence-electron chi connectivity index (χ4n) is 3.51. The maximum atomic E-state index is 12.8. The smallest absolute Gasteiger partial charge is 0.253 e. The Morgan fingerprint density at radius 1 is 1.24 bits per heavy atom. The van der Waals surface area contributed by atoms with E-state index in [-0.39, 0.29) is 36.2 Å². The monoisotopic (exact) mass is 363 g/mol. The topological polar surface area (TPSA) is 60.9 Å². The third-order valence-electron chi connectivity index (χ3n) is 4.96. The maximum absolute atomic E-state index is 12.8. The molecule has 3 saturated heterocycles. The summed E-state index contributed by atoms with van der Waals surface area (Å²) in [5, 5.41) is 0.512. The molecule has 0 radical (unpaired) electrons. The number of benzene rings is 1. The van der Waals surface area contributed by atoms with E-state index in [1.54, 1.807) is 48.2 Å². The molecule has 25 heavy (non-hydrogen) atoms. The van der Waals surface area contributed by atoms with Crippen LogP contribution in [0.1, 0.15) is 23.2 Å². The Balaban J connectivity index is 1.80. The zero-order valence-corrected chi connectivity index (χ0v) is 15.2. The van der Waals surface area contributed by atoms with E-state index in [9.17, 15) is 14.4 Å². The predicted molar refractivity (Wildman–Crippen MR) is 94.3 cm³/mol. The van der Waals surface area contributed by atoms with Gasteiger partial charge in [-0.3, -0.25) is 14.4 Å². The largest absolute Gasteiger partial charge is 0.347 e. The summed E-state index contributed by atoms with van der Waals surface area (Å²) in [5.41, 5.74) is 0.525. The van der Waals surface area contributed by atoms with Gasteiger partial charge in [-0.05, 0) is 31.0 Å². The summed E-state index contributed by atoms with van der Waals surface area (Å²) in [5.74, 6) is -0.480. The number of nitrogens with zero attached hydrogens (tertiary/aromatic N) is 3. The molecular weight excluding hydrogens is 342 g/mol. The number of likely N-dealkylation sites (N-methyl/N-ethyl adjacent to an activating group) is 1. The summed E-state index contributed by atoms with van der Waals surface area (Å²) in [6.45, 7) is 0.924. The molecule has 0 N–H and O–H groups in total. The number of fused-ring (bicyclic) bond motifs is 4. The molecule has 0 unspecified atom stereocenters. The van der Waals surface area contributed by atoms with Gasteiger partial charge in [-0.25, -0.2) is 0 Å². The molecule has 2 bridgehead atoms. The first kappa shape index (κ1) is 17.7. The standard InChI is InChI=1S/C18H22ClN3O3/c1-20(2)16(23)11-22-15-7-6-13(18(22)25)9-21(10-15)17(24)12-4-3-5-14(19)8-12/h3-5,8,13,15H,6-7,9-11H2,1-2H3/t13-,15+/m0/s1. The minimum atomic E-state index is -0.239. The van der Waals surface area contributed by atoms with E-state index in [1.807, 2.05) is 0 Å². The van der Waals surface area contributed by atoms with Crippen molar-refractivity contribution < 1.29 is 14.4 Å². The molecular formula is C18H22ClN3O3. The van der Waals surface area contributed by atoms with Crippen molar-refractivity contribution in [2.45, 2.75) is 18.9 Å². The zero-order valence-electron chi connectivity index (χ0n) is 14.4. The Bertz CT molecular complexity index is 707. The minimum absolute atomic E-state index is 0.0205. The first-order valence-electron chi connectivity index (χ1n) is 8.42. The summed E-state index contributed by atoms with van der Waals surface area (Å²) in [6, 6.07) is 6.73. The van der Waals surface area contributed by atoms with Crippen LogP contribution in [0.2, 0.25) is 5.02 Å². The third kappa shape index (κ3) is 3.63. The third-order valence-corrected chi connectivity index (χ3v) is 5.19. The van der Waals surface area contributed by atoms with Crippen molar-refractivity contribution in [1.82, 2.24) is 14.7 Å². The van der Waals surface area contributed by atoms with Gasteiger partial charge in [-0.2, -0.15) is 0 Å². The van der Waals surface area contributed by atoms with Gasteiger partial charge in [0, 0.05) is 43.8 Å². The van der Waals surface area contributed by atoms with Crippen LogP contribution in [0.5, 0.6) is 0 Å². The Morgan fingerprint density at radius 2 is 2.00 bits per heavy atom. The number of amides is 3. The molecule has 1 aromatic carbocycles. The number of carbonyl (C=O) groups is 3. The molecule has 2 atom stereocenters. The van der Waals surface area contributed by atoms with Gasteiger partial charge in [0.1, 0.15) is 6.54 Å². The maximum Gasteiger partial charge on any atom is 0.253 e. The molecule has 0 spiro atoms. The highest BCUT2D eigenvalue weighted by Crippen LogP contribution is 2.30. The van der Waals surface area contributed by atoms with Gasteiger partial charge < -0.3 is 14.7 Å². The normalized spacial score (nSPS) is 22.8. The Kier molecular flexibility index (Phi) is 4.99. The number of hydrogen-bond acceptors (Lipinski definition) is 3. The van der Waals surface area contributed by atoms with Crippen molar-refractivity contribution in [2.75, 3.05) is 33.7 Å². The van der Waals surface area contributed by atoms with Crippen molar-refractivity contribution in [3.8, 4) is 0 Å². The second kappa shape index (κ2) is 7.04. The molecule has 3 aliphatic rings. The van der Waals surface area contributed by atoms with Crippen LogP contribution >= 0.6 is 11.6 Å². The molecule has 3 fully saturated rings. The van der Waals surface area contributed by atoms with E-state index in [4.69, 9.17) is 11.6 Å². The lowest BCUT2D eigenvalue weighted by atomic mass is 9.94. The molecule has 4 rings (SSSR count). The van der Waals surface area contributed by atoms with Gasteiger partial charge in [-0.1, -0.05) is 17.7 Å². The van der Waals surface area contributed by atoms with Gasteiger partial charge in [0.05, 0.1) is 5.92 Å². The summed E-state index contributed by atoms with van der Waals surface area (Å²) >= 11 is 5.99. The zero-order chi connectivity index (χ0) is 18.1. The van der Waals surface area contributed by atoms with Gasteiger partial charge in [0.2, 0.25) is 11.8 Å². The second-order valence-electron chi connectivity index (χ2n) is 6.90. The number of rotatable bonds is 3. The van der Waals surface area contributed by atoms with Crippen molar-refractivity contribution in [2.24, 2.45) is 5.92 Å². The first-order chi connectivity index (χ1) is 11.9. The van der Waals surface area contributed by atoms with Gasteiger partial charge >= 0.3 is 0 Å². The highest BCUT2D eigenvalue weighted by atomic mass is 35.5. The average Bonchev–Trinajstić information content (AvgIpc) is 2.86. The second-order valence-corrected chi connectivity index (χ2v) is 7.34. The van der Waals surface area contributed by atoms with E-state index in [1.165, 1.54) is 4.90 Å². The molecule has 0 aliphatic carbocycles. The van der Waals surface area contributed by atoms with Crippen molar-refractivity contribution in [3.05, 3.63) is 34.9 Å². The van der Waals surface area contributed by atoms with Crippen molar-refractivity contribution in [1.29, 1.82) is 0 Å². The summed E-state index contributed by atoms with van der Waals surface area (Å²) < 4.78 is 0. The molecule has 3 aliphatic heterocycles. The summed E-state index contributed by atoms with van der Waals surface area (Å²) in [6.07, 6.45) is 1.58. The molecule has 0 saturated carbocycles. The lowest BCUT2D eigenvalue weighted by Gasteiger charge is -2.35. The summed E-state index contributed by atoms with van der Waals surface area (Å²) in [7, 11) is 3.36. The Hall–Kier alpha value is -2.08. The molecule has 3 amide bonds. The number of carbonyl (C=O) groups excluding carboxylic acids is 3. The molecule has 134 valence electrons. The number of hydrogen-bond donors (Lipinski definition) is 0. The fraction of sp³-hybridized carbons (Fsp3) is 0.500. The fourth-order valence-corrected chi connectivity index (χ4v) is 3.70.